The molecule has 0 aliphatic rings. The molecule has 0 saturated heterocycles. The fourth-order valence-corrected chi connectivity index (χ4v) is 11.1. The molecule has 0 aromatic carbocycles. The minimum absolute atomic E-state index is 0.0388. The third-order valence-corrected chi connectivity index (χ3v) is 12.1. The van der Waals surface area contributed by atoms with Crippen LogP contribution >= 0.6 is 105 Å². The lowest BCUT2D eigenvalue weighted by Crippen LogP contribution is -2.23. The van der Waals surface area contributed by atoms with Gasteiger partial charge < -0.3 is 0 Å². The Kier molecular flexibility index (Phi) is 16.1. The zero-order valence-corrected chi connectivity index (χ0v) is 19.3. The number of thioether (sulfide) groups is 5. The molecular formula is C12H22Cl4S5. The van der Waals surface area contributed by atoms with Crippen molar-refractivity contribution in [3.63, 3.8) is 0 Å². The maximum Gasteiger partial charge on any atom is 0.106 e. The quantitative estimate of drug-likeness (QED) is 0.199. The van der Waals surface area contributed by atoms with Crippen molar-refractivity contribution in [3.8, 4) is 0 Å². The van der Waals surface area contributed by atoms with Crippen LogP contribution in [0.5, 0.6) is 0 Å². The van der Waals surface area contributed by atoms with Gasteiger partial charge in [0.05, 0.1) is 0 Å². The summed E-state index contributed by atoms with van der Waals surface area (Å²) in [5, 5.41) is 0. The highest BCUT2D eigenvalue weighted by atomic mass is 35.5. The predicted molar refractivity (Wildman–Crippen MR) is 117 cm³/mol. The van der Waals surface area contributed by atoms with E-state index in [0.717, 1.165) is 23.0 Å². The third-order valence-electron chi connectivity index (χ3n) is 2.14. The van der Waals surface area contributed by atoms with Crippen LogP contribution in [0.3, 0.4) is 0 Å². The molecule has 0 heterocycles. The fraction of sp³-hybridized carbons (Fsp3) is 1.00. The number of hydrogen-bond donors (Lipinski definition) is 0. The van der Waals surface area contributed by atoms with E-state index in [1.165, 1.54) is 0 Å². The van der Waals surface area contributed by atoms with Crippen LogP contribution in [0.1, 0.15) is 13.8 Å². The molecule has 0 aromatic rings. The van der Waals surface area contributed by atoms with E-state index in [0.29, 0.717) is 23.5 Å². The molecule has 0 atom stereocenters. The van der Waals surface area contributed by atoms with Crippen molar-refractivity contribution in [2.75, 3.05) is 46.5 Å². The van der Waals surface area contributed by atoms with E-state index in [1.807, 2.05) is 58.8 Å². The normalized spacial score (nSPS) is 12.9. The van der Waals surface area contributed by atoms with Crippen molar-refractivity contribution >= 4 is 105 Å². The highest BCUT2D eigenvalue weighted by Gasteiger charge is 2.37. The van der Waals surface area contributed by atoms with Gasteiger partial charge in [0.25, 0.3) is 0 Å². The summed E-state index contributed by atoms with van der Waals surface area (Å²) in [4.78, 5) is 0. The molecule has 0 bridgehead atoms. The molecule has 0 N–H and O–H groups in total. The van der Waals surface area contributed by atoms with Crippen LogP contribution in [0.4, 0.5) is 0 Å². The van der Waals surface area contributed by atoms with Crippen molar-refractivity contribution in [2.24, 2.45) is 0 Å². The molecule has 0 fully saturated rings. The van der Waals surface area contributed by atoms with Crippen LogP contribution in [0.15, 0.2) is 0 Å². The highest BCUT2D eigenvalue weighted by molar-refractivity contribution is 8.42. The first kappa shape index (κ1) is 23.9. The van der Waals surface area contributed by atoms with E-state index in [4.69, 9.17) is 46.4 Å². The minimum Gasteiger partial charge on any atom is -0.132 e. The summed E-state index contributed by atoms with van der Waals surface area (Å²) in [6.45, 7) is 4.54. The van der Waals surface area contributed by atoms with Gasteiger partial charge in [-0.15, -0.1) is 105 Å². The monoisotopic (exact) mass is 466 g/mol. The van der Waals surface area contributed by atoms with Crippen molar-refractivity contribution in [1.82, 2.24) is 0 Å². The van der Waals surface area contributed by atoms with Gasteiger partial charge in [-0.25, -0.2) is 0 Å². The Labute approximate surface area is 171 Å². The van der Waals surface area contributed by atoms with Gasteiger partial charge in [0, 0.05) is 46.5 Å². The molecule has 9 heteroatoms. The van der Waals surface area contributed by atoms with E-state index in [-0.39, 0.29) is 6.82 Å². The Hall–Kier alpha value is 2.91. The van der Waals surface area contributed by atoms with E-state index < -0.39 is 0 Å². The Morgan fingerprint density at radius 3 is 1.00 bits per heavy atom. The van der Waals surface area contributed by atoms with Gasteiger partial charge in [-0.05, 0) is 13.8 Å². The lowest BCUT2D eigenvalue weighted by Gasteiger charge is -2.37. The standard InChI is InChI=1S/C12H22Cl4S5/c1-11(17-7-3-13,18-8-4-14)21-12(2,19-9-5-15)20-10-6-16/h3-10H2,1-2H3. The molecule has 0 amide bonds. The summed E-state index contributed by atoms with van der Waals surface area (Å²) in [5.74, 6) is 6.44. The van der Waals surface area contributed by atoms with Crippen LogP contribution in [0.2, 0.25) is 0 Å². The van der Waals surface area contributed by atoms with Crippen LogP contribution in [-0.4, -0.2) is 53.4 Å². The fourth-order valence-electron chi connectivity index (χ4n) is 1.43. The molecule has 21 heavy (non-hydrogen) atoms. The first-order valence-corrected chi connectivity index (χ1v) is 13.3. The molecule has 0 aromatic heterocycles. The lowest BCUT2D eigenvalue weighted by atomic mass is 10.9. The first-order chi connectivity index (χ1) is 9.95. The molecule has 0 rings (SSSR count). The Morgan fingerprint density at radius 2 is 0.810 bits per heavy atom. The number of halogens is 4. The largest absolute Gasteiger partial charge is 0.132 e. The van der Waals surface area contributed by atoms with Crippen LogP contribution in [0.25, 0.3) is 0 Å². The van der Waals surface area contributed by atoms with E-state index in [9.17, 15) is 0 Å². The van der Waals surface area contributed by atoms with Crippen molar-refractivity contribution in [3.05, 3.63) is 0 Å². The molecule has 128 valence electrons. The second-order valence-electron chi connectivity index (χ2n) is 3.98. The van der Waals surface area contributed by atoms with Crippen molar-refractivity contribution < 1.29 is 0 Å². The summed E-state index contributed by atoms with van der Waals surface area (Å²) in [7, 11) is 0. The maximum absolute atomic E-state index is 5.87. The zero-order valence-electron chi connectivity index (χ0n) is 12.2. The second-order valence-corrected chi connectivity index (χ2v) is 14.9. The SMILES string of the molecule is CC(SCCCl)(SCCCl)SC(C)(SCCCl)SCCCl. The average Bonchev–Trinajstić information content (AvgIpc) is 2.47. The topological polar surface area (TPSA) is 0 Å². The van der Waals surface area contributed by atoms with Crippen LogP contribution in [0, 0.1) is 0 Å². The van der Waals surface area contributed by atoms with Gasteiger partial charge in [0.15, 0.2) is 0 Å². The highest BCUT2D eigenvalue weighted by Crippen LogP contribution is 2.59. The second kappa shape index (κ2) is 14.1. The molecular weight excluding hydrogens is 446 g/mol. The minimum atomic E-state index is 0.0388. The van der Waals surface area contributed by atoms with Crippen LogP contribution in [-0.2, 0) is 0 Å². The molecule has 0 spiro atoms. The molecule has 0 nitrogen and oxygen atoms in total. The van der Waals surface area contributed by atoms with Gasteiger partial charge in [-0.2, -0.15) is 0 Å². The molecule has 0 aliphatic carbocycles. The number of rotatable bonds is 14. The van der Waals surface area contributed by atoms with Crippen molar-refractivity contribution in [2.45, 2.75) is 20.7 Å². The Morgan fingerprint density at radius 1 is 0.571 bits per heavy atom. The Bertz CT molecular complexity index is 218. The molecule has 0 aliphatic heterocycles. The summed E-state index contributed by atoms with van der Waals surface area (Å²) in [6.07, 6.45) is 0. The molecule has 0 unspecified atom stereocenters. The lowest BCUT2D eigenvalue weighted by molar-refractivity contribution is 1.23. The number of alkyl halides is 4. The van der Waals surface area contributed by atoms with Gasteiger partial charge in [0.1, 0.15) is 6.82 Å². The Balaban J connectivity index is 4.80. The third kappa shape index (κ3) is 12.0. The van der Waals surface area contributed by atoms with E-state index in [2.05, 4.69) is 13.8 Å². The summed E-state index contributed by atoms with van der Waals surface area (Å²) in [6, 6.07) is 0. The van der Waals surface area contributed by atoms with E-state index >= 15 is 0 Å². The predicted octanol–water partition coefficient (Wildman–Crippen LogP) is 6.96. The number of hydrogen-bond acceptors (Lipinski definition) is 5. The molecule has 0 saturated carbocycles. The maximum atomic E-state index is 5.87. The van der Waals surface area contributed by atoms with Gasteiger partial charge in [-0.3, -0.25) is 0 Å². The van der Waals surface area contributed by atoms with Gasteiger partial charge in [0.2, 0.25) is 0 Å². The van der Waals surface area contributed by atoms with Crippen LogP contribution < -0.4 is 0 Å². The van der Waals surface area contributed by atoms with Gasteiger partial charge >= 0.3 is 0 Å². The summed E-state index contributed by atoms with van der Waals surface area (Å²) >= 11 is 33.1. The van der Waals surface area contributed by atoms with Crippen molar-refractivity contribution in [1.29, 1.82) is 0 Å². The first-order valence-electron chi connectivity index (χ1n) is 6.45. The smallest absolute Gasteiger partial charge is 0.106 e. The van der Waals surface area contributed by atoms with Gasteiger partial charge in [-0.1, -0.05) is 0 Å². The molecule has 0 radical (unpaired) electrons. The average molecular weight is 468 g/mol. The summed E-state index contributed by atoms with van der Waals surface area (Å²) in [5.41, 5.74) is 0. The zero-order chi connectivity index (χ0) is 16.2. The van der Waals surface area contributed by atoms with E-state index in [1.54, 1.807) is 0 Å². The summed E-state index contributed by atoms with van der Waals surface area (Å²) < 4.78 is 0.0777.